The normalized spacial score (nSPS) is 22.1. The largest absolute Gasteiger partial charge is 0.330 e. The fourth-order valence-corrected chi connectivity index (χ4v) is 3.61. The number of rotatable bonds is 5. The van der Waals surface area contributed by atoms with E-state index in [2.05, 4.69) is 20.8 Å². The smallest absolute Gasteiger partial charge is 0.227 e. The molecule has 1 amide bonds. The summed E-state index contributed by atoms with van der Waals surface area (Å²) in [6.45, 7) is 0.516. The summed E-state index contributed by atoms with van der Waals surface area (Å²) in [5, 5.41) is 14.5. The zero-order valence-corrected chi connectivity index (χ0v) is 15.1. The minimum atomic E-state index is -0.423. The molecule has 9 heteroatoms. The molecule has 140 valence electrons. The van der Waals surface area contributed by atoms with Crippen LogP contribution in [0.1, 0.15) is 43.8 Å². The fourth-order valence-electron chi connectivity index (χ4n) is 3.61. The van der Waals surface area contributed by atoms with Crippen molar-refractivity contribution in [3.63, 3.8) is 0 Å². The Labute approximate surface area is 156 Å². The van der Waals surface area contributed by atoms with Crippen molar-refractivity contribution in [2.75, 3.05) is 11.9 Å². The number of amides is 1. The standard InChI is InChI=1S/C17H21FN6O.ClH/c18-14-7-6-12(20-17(25)13-3-1-2-11(13)9-19)8-15(14)24-16(10-4-5-10)21-22-23-24;/h6-8,10-11,13H,1-5,9,19H2,(H,20,25);1H/t11-,13-;/m1./s1. The van der Waals surface area contributed by atoms with Crippen LogP contribution >= 0.6 is 12.4 Å². The predicted octanol–water partition coefficient (Wildman–Crippen LogP) is 2.41. The quantitative estimate of drug-likeness (QED) is 0.829. The van der Waals surface area contributed by atoms with Crippen molar-refractivity contribution < 1.29 is 9.18 Å². The van der Waals surface area contributed by atoms with E-state index in [9.17, 15) is 9.18 Å². The van der Waals surface area contributed by atoms with Gasteiger partial charge in [-0.1, -0.05) is 6.42 Å². The lowest BCUT2D eigenvalue weighted by atomic mass is 9.95. The van der Waals surface area contributed by atoms with Gasteiger partial charge in [0.15, 0.2) is 5.82 Å². The Morgan fingerprint density at radius 2 is 2.12 bits per heavy atom. The summed E-state index contributed by atoms with van der Waals surface area (Å²) in [5.74, 6) is 0.629. The molecule has 1 aromatic heterocycles. The van der Waals surface area contributed by atoms with Crippen LogP contribution in [-0.2, 0) is 4.79 Å². The summed E-state index contributed by atoms with van der Waals surface area (Å²) in [6, 6.07) is 4.48. The Bertz CT molecular complexity index is 793. The van der Waals surface area contributed by atoms with Crippen molar-refractivity contribution in [2.24, 2.45) is 17.6 Å². The van der Waals surface area contributed by atoms with Crippen LogP contribution in [0.2, 0.25) is 0 Å². The minimum absolute atomic E-state index is 0. The third-order valence-electron chi connectivity index (χ3n) is 5.18. The van der Waals surface area contributed by atoms with Gasteiger partial charge in [-0.2, -0.15) is 4.68 Å². The molecule has 2 aromatic rings. The van der Waals surface area contributed by atoms with Gasteiger partial charge in [0.25, 0.3) is 0 Å². The van der Waals surface area contributed by atoms with Crippen molar-refractivity contribution >= 4 is 24.0 Å². The Morgan fingerprint density at radius 3 is 2.85 bits per heavy atom. The molecular formula is C17H22ClFN6O. The number of nitrogens with zero attached hydrogens (tertiary/aromatic N) is 4. The zero-order valence-electron chi connectivity index (χ0n) is 14.3. The summed E-state index contributed by atoms with van der Waals surface area (Å²) >= 11 is 0. The lowest BCUT2D eigenvalue weighted by Gasteiger charge is -2.17. The zero-order chi connectivity index (χ0) is 17.4. The van der Waals surface area contributed by atoms with Crippen molar-refractivity contribution in [1.29, 1.82) is 0 Å². The number of nitrogens with two attached hydrogens (primary N) is 1. The van der Waals surface area contributed by atoms with Crippen LogP contribution in [0, 0.1) is 17.7 Å². The first-order valence-corrected chi connectivity index (χ1v) is 8.76. The van der Waals surface area contributed by atoms with Crippen LogP contribution < -0.4 is 11.1 Å². The minimum Gasteiger partial charge on any atom is -0.330 e. The average Bonchev–Trinajstić information content (AvgIpc) is 3.15. The summed E-state index contributed by atoms with van der Waals surface area (Å²) in [4.78, 5) is 12.5. The fraction of sp³-hybridized carbons (Fsp3) is 0.529. The molecule has 7 nitrogen and oxygen atoms in total. The molecule has 4 rings (SSSR count). The SMILES string of the molecule is Cl.NC[C@H]1CCC[C@H]1C(=O)Nc1ccc(F)c(-n2nnnc2C2CC2)c1. The molecule has 0 bridgehead atoms. The molecule has 2 atom stereocenters. The van der Waals surface area contributed by atoms with E-state index >= 15 is 0 Å². The highest BCUT2D eigenvalue weighted by Gasteiger charge is 2.33. The van der Waals surface area contributed by atoms with Gasteiger partial charge >= 0.3 is 0 Å². The monoisotopic (exact) mass is 380 g/mol. The van der Waals surface area contributed by atoms with Gasteiger partial charge in [-0.15, -0.1) is 17.5 Å². The number of anilines is 1. The highest BCUT2D eigenvalue weighted by atomic mass is 35.5. The Balaban J connectivity index is 0.00000196. The first-order valence-electron chi connectivity index (χ1n) is 8.76. The predicted molar refractivity (Wildman–Crippen MR) is 96.9 cm³/mol. The third-order valence-corrected chi connectivity index (χ3v) is 5.18. The Kier molecular flexibility index (Phi) is 5.52. The summed E-state index contributed by atoms with van der Waals surface area (Å²) in [5.41, 5.74) is 6.56. The number of aromatic nitrogens is 4. The van der Waals surface area contributed by atoms with Crippen LogP contribution in [0.5, 0.6) is 0 Å². The molecule has 2 aliphatic carbocycles. The number of halogens is 2. The molecule has 1 aromatic carbocycles. The second-order valence-electron chi connectivity index (χ2n) is 6.91. The molecule has 1 heterocycles. The van der Waals surface area contributed by atoms with E-state index in [4.69, 9.17) is 5.73 Å². The van der Waals surface area contributed by atoms with Crippen LogP contribution in [-0.4, -0.2) is 32.7 Å². The van der Waals surface area contributed by atoms with E-state index < -0.39 is 5.82 Å². The van der Waals surface area contributed by atoms with Crippen LogP contribution in [0.4, 0.5) is 10.1 Å². The Morgan fingerprint density at radius 1 is 1.31 bits per heavy atom. The number of carbonyl (C=O) groups is 1. The summed E-state index contributed by atoms with van der Waals surface area (Å²) < 4.78 is 15.7. The molecule has 2 aliphatic rings. The number of carbonyl (C=O) groups excluding carboxylic acids is 1. The summed E-state index contributed by atoms with van der Waals surface area (Å²) in [7, 11) is 0. The molecule has 0 spiro atoms. The topological polar surface area (TPSA) is 98.7 Å². The van der Waals surface area contributed by atoms with Crippen molar-refractivity contribution in [2.45, 2.75) is 38.0 Å². The second-order valence-corrected chi connectivity index (χ2v) is 6.91. The highest BCUT2D eigenvalue weighted by Crippen LogP contribution is 2.39. The van der Waals surface area contributed by atoms with E-state index in [0.29, 0.717) is 18.1 Å². The Hall–Kier alpha value is -2.06. The van der Waals surface area contributed by atoms with E-state index in [1.807, 2.05) is 0 Å². The van der Waals surface area contributed by atoms with Crippen LogP contribution in [0.3, 0.4) is 0 Å². The van der Waals surface area contributed by atoms with Gasteiger partial charge in [0.1, 0.15) is 11.5 Å². The average molecular weight is 381 g/mol. The maximum Gasteiger partial charge on any atom is 0.227 e. The number of hydrogen-bond donors (Lipinski definition) is 2. The van der Waals surface area contributed by atoms with Gasteiger partial charge < -0.3 is 11.1 Å². The first-order chi connectivity index (χ1) is 12.2. The molecule has 0 radical (unpaired) electrons. The maximum absolute atomic E-state index is 14.3. The van der Waals surface area contributed by atoms with E-state index in [-0.39, 0.29) is 41.8 Å². The maximum atomic E-state index is 14.3. The van der Waals surface area contributed by atoms with Gasteiger partial charge in [0, 0.05) is 17.5 Å². The number of nitrogens with one attached hydrogen (secondary N) is 1. The molecule has 2 saturated carbocycles. The van der Waals surface area contributed by atoms with Gasteiger partial charge in [-0.3, -0.25) is 4.79 Å². The molecule has 0 saturated heterocycles. The van der Waals surface area contributed by atoms with Crippen LogP contribution in [0.25, 0.3) is 5.69 Å². The van der Waals surface area contributed by atoms with Gasteiger partial charge in [0.2, 0.25) is 5.91 Å². The summed E-state index contributed by atoms with van der Waals surface area (Å²) in [6.07, 6.45) is 4.88. The second kappa shape index (κ2) is 7.67. The van der Waals surface area contributed by atoms with E-state index in [1.54, 1.807) is 12.1 Å². The van der Waals surface area contributed by atoms with Crippen molar-refractivity contribution in [3.8, 4) is 5.69 Å². The molecule has 3 N–H and O–H groups in total. The molecule has 0 aliphatic heterocycles. The van der Waals surface area contributed by atoms with E-state index in [1.165, 1.54) is 10.7 Å². The molecular weight excluding hydrogens is 359 g/mol. The molecule has 26 heavy (non-hydrogen) atoms. The first kappa shape index (κ1) is 18.7. The van der Waals surface area contributed by atoms with E-state index in [0.717, 1.165) is 32.1 Å². The number of hydrogen-bond acceptors (Lipinski definition) is 5. The van der Waals surface area contributed by atoms with Crippen LogP contribution in [0.15, 0.2) is 18.2 Å². The van der Waals surface area contributed by atoms with Gasteiger partial charge in [-0.25, -0.2) is 4.39 Å². The highest BCUT2D eigenvalue weighted by molar-refractivity contribution is 5.93. The number of benzene rings is 1. The lowest BCUT2D eigenvalue weighted by molar-refractivity contribution is -0.120. The van der Waals surface area contributed by atoms with Crippen molar-refractivity contribution in [1.82, 2.24) is 20.2 Å². The van der Waals surface area contributed by atoms with Crippen molar-refractivity contribution in [3.05, 3.63) is 29.8 Å². The van der Waals surface area contributed by atoms with Gasteiger partial charge in [-0.05, 0) is 66.8 Å². The lowest BCUT2D eigenvalue weighted by Crippen LogP contribution is -2.29. The molecule has 0 unspecified atom stereocenters. The van der Waals surface area contributed by atoms with Gasteiger partial charge in [0.05, 0.1) is 0 Å². The molecule has 2 fully saturated rings. The third kappa shape index (κ3) is 3.57. The number of tetrazole rings is 1.